The van der Waals surface area contributed by atoms with Gasteiger partial charge in [-0.15, -0.1) is 0 Å². The number of hydrogen-bond donors (Lipinski definition) is 1. The van der Waals surface area contributed by atoms with Crippen LogP contribution >= 0.6 is 0 Å². The van der Waals surface area contributed by atoms with Crippen LogP contribution in [0.25, 0.3) is 0 Å². The number of benzene rings is 3. The molecular weight excluding hydrogens is 498 g/mol. The van der Waals surface area contributed by atoms with E-state index in [9.17, 15) is 18.0 Å². The van der Waals surface area contributed by atoms with E-state index >= 15 is 0 Å². The van der Waals surface area contributed by atoms with Gasteiger partial charge in [0.2, 0.25) is 11.8 Å². The molecule has 1 atom stereocenters. The van der Waals surface area contributed by atoms with E-state index in [-0.39, 0.29) is 17.3 Å². The number of unbranched alkanes of at least 4 members (excludes halogenated alkanes) is 1. The summed E-state index contributed by atoms with van der Waals surface area (Å²) >= 11 is 0. The molecule has 202 valence electrons. The highest BCUT2D eigenvalue weighted by atomic mass is 32.2. The van der Waals surface area contributed by atoms with Crippen molar-refractivity contribution >= 4 is 27.5 Å². The summed E-state index contributed by atoms with van der Waals surface area (Å²) in [4.78, 5) is 28.4. The summed E-state index contributed by atoms with van der Waals surface area (Å²) in [6, 6.07) is 24.1. The van der Waals surface area contributed by atoms with Crippen LogP contribution in [0.4, 0.5) is 5.69 Å². The maximum atomic E-state index is 13.8. The van der Waals surface area contributed by atoms with Crippen LogP contribution in [0.2, 0.25) is 0 Å². The number of rotatable bonds is 13. The average molecular weight is 536 g/mol. The number of carbonyl (C=O) groups is 2. The van der Waals surface area contributed by atoms with Crippen molar-refractivity contribution in [2.75, 3.05) is 23.9 Å². The first kappa shape index (κ1) is 28.9. The molecule has 0 bridgehead atoms. The van der Waals surface area contributed by atoms with E-state index in [4.69, 9.17) is 0 Å². The van der Waals surface area contributed by atoms with Gasteiger partial charge in [-0.3, -0.25) is 13.9 Å². The quantitative estimate of drug-likeness (QED) is 0.325. The Morgan fingerprint density at radius 1 is 0.921 bits per heavy atom. The minimum atomic E-state index is -4.04. The minimum Gasteiger partial charge on any atom is -0.354 e. The standard InChI is InChI=1S/C30H37N3O4S/c1-4-5-20-31-30(35)25(3)32(21-19-26-14-8-6-9-15-26)29(34)23-33(27-16-12-13-24(2)22-27)38(36,37)28-17-10-7-11-18-28/h6-18,22,25H,4-5,19-21,23H2,1-3H3,(H,31,35)/t25-/m0/s1. The Morgan fingerprint density at radius 3 is 2.21 bits per heavy atom. The third-order valence-corrected chi connectivity index (χ3v) is 8.17. The number of aryl methyl sites for hydroxylation is 1. The van der Waals surface area contributed by atoms with Crippen LogP contribution in [0.15, 0.2) is 89.8 Å². The molecule has 38 heavy (non-hydrogen) atoms. The van der Waals surface area contributed by atoms with Gasteiger partial charge in [0.25, 0.3) is 10.0 Å². The van der Waals surface area contributed by atoms with Gasteiger partial charge in [0.1, 0.15) is 12.6 Å². The van der Waals surface area contributed by atoms with Gasteiger partial charge in [0.05, 0.1) is 10.6 Å². The smallest absolute Gasteiger partial charge is 0.264 e. The molecule has 1 N–H and O–H groups in total. The number of carbonyl (C=O) groups excluding carboxylic acids is 2. The molecule has 0 aliphatic rings. The molecule has 0 radical (unpaired) electrons. The summed E-state index contributed by atoms with van der Waals surface area (Å²) < 4.78 is 28.6. The number of sulfonamides is 1. The summed E-state index contributed by atoms with van der Waals surface area (Å²) in [7, 11) is -4.04. The van der Waals surface area contributed by atoms with Crippen LogP contribution in [-0.4, -0.2) is 50.8 Å². The summed E-state index contributed by atoms with van der Waals surface area (Å²) in [5.74, 6) is -0.701. The Kier molecular flexibility index (Phi) is 10.5. The van der Waals surface area contributed by atoms with Gasteiger partial charge in [-0.25, -0.2) is 8.42 Å². The summed E-state index contributed by atoms with van der Waals surface area (Å²) in [5.41, 5.74) is 2.29. The molecule has 0 aliphatic carbocycles. The molecule has 3 rings (SSSR count). The van der Waals surface area contributed by atoms with Gasteiger partial charge in [-0.2, -0.15) is 0 Å². The largest absolute Gasteiger partial charge is 0.354 e. The van der Waals surface area contributed by atoms with E-state index in [1.54, 1.807) is 43.3 Å². The van der Waals surface area contributed by atoms with Crippen molar-refractivity contribution < 1.29 is 18.0 Å². The fraction of sp³-hybridized carbons (Fsp3) is 0.333. The molecule has 0 heterocycles. The molecule has 7 nitrogen and oxygen atoms in total. The Bertz CT molecular complexity index is 1300. The van der Waals surface area contributed by atoms with Crippen molar-refractivity contribution in [3.8, 4) is 0 Å². The van der Waals surface area contributed by atoms with E-state index in [0.717, 1.165) is 28.3 Å². The zero-order chi connectivity index (χ0) is 27.5. The Hall–Kier alpha value is -3.65. The zero-order valence-electron chi connectivity index (χ0n) is 22.3. The molecule has 3 aromatic rings. The molecule has 0 aromatic heterocycles. The van der Waals surface area contributed by atoms with E-state index in [2.05, 4.69) is 5.32 Å². The molecule has 0 spiro atoms. The molecule has 0 fully saturated rings. The highest BCUT2D eigenvalue weighted by molar-refractivity contribution is 7.92. The Morgan fingerprint density at radius 2 is 1.58 bits per heavy atom. The van der Waals surface area contributed by atoms with E-state index in [1.807, 2.05) is 50.2 Å². The molecule has 2 amide bonds. The third-order valence-electron chi connectivity index (χ3n) is 6.38. The van der Waals surface area contributed by atoms with Gasteiger partial charge < -0.3 is 10.2 Å². The number of hydrogen-bond acceptors (Lipinski definition) is 4. The molecule has 0 unspecified atom stereocenters. The lowest BCUT2D eigenvalue weighted by atomic mass is 10.1. The lowest BCUT2D eigenvalue weighted by Crippen LogP contribution is -2.52. The zero-order valence-corrected chi connectivity index (χ0v) is 23.2. The predicted molar refractivity (Wildman–Crippen MR) is 151 cm³/mol. The minimum absolute atomic E-state index is 0.0931. The topological polar surface area (TPSA) is 86.8 Å². The van der Waals surface area contributed by atoms with Gasteiger partial charge >= 0.3 is 0 Å². The van der Waals surface area contributed by atoms with Crippen LogP contribution < -0.4 is 9.62 Å². The fourth-order valence-electron chi connectivity index (χ4n) is 4.14. The number of anilines is 1. The maximum absolute atomic E-state index is 13.8. The maximum Gasteiger partial charge on any atom is 0.264 e. The van der Waals surface area contributed by atoms with Crippen LogP contribution in [0.5, 0.6) is 0 Å². The molecule has 3 aromatic carbocycles. The van der Waals surface area contributed by atoms with Crippen LogP contribution in [0, 0.1) is 6.92 Å². The van der Waals surface area contributed by atoms with Crippen LogP contribution in [-0.2, 0) is 26.0 Å². The summed E-state index contributed by atoms with van der Waals surface area (Å²) in [6.07, 6.45) is 2.32. The molecule has 8 heteroatoms. The normalized spacial score (nSPS) is 12.0. The van der Waals surface area contributed by atoms with Crippen molar-refractivity contribution in [3.63, 3.8) is 0 Å². The van der Waals surface area contributed by atoms with Crippen molar-refractivity contribution in [2.24, 2.45) is 0 Å². The molecule has 0 aliphatic heterocycles. The average Bonchev–Trinajstić information content (AvgIpc) is 2.92. The molecular formula is C30H37N3O4S. The third kappa shape index (κ3) is 7.68. The van der Waals surface area contributed by atoms with Crippen LogP contribution in [0.3, 0.4) is 0 Å². The summed E-state index contributed by atoms with van der Waals surface area (Å²) in [5, 5.41) is 2.90. The first-order chi connectivity index (χ1) is 18.2. The van der Waals surface area contributed by atoms with Crippen molar-refractivity contribution in [1.82, 2.24) is 10.2 Å². The van der Waals surface area contributed by atoms with E-state index in [1.165, 1.54) is 17.0 Å². The van der Waals surface area contributed by atoms with E-state index < -0.39 is 28.5 Å². The SMILES string of the molecule is CCCCNC(=O)[C@H](C)N(CCc1ccccc1)C(=O)CN(c1cccc(C)c1)S(=O)(=O)c1ccccc1. The number of nitrogens with one attached hydrogen (secondary N) is 1. The van der Waals surface area contributed by atoms with Gasteiger partial charge in [0.15, 0.2) is 0 Å². The Balaban J connectivity index is 1.93. The van der Waals surface area contributed by atoms with Crippen LogP contribution in [0.1, 0.15) is 37.8 Å². The van der Waals surface area contributed by atoms with E-state index in [0.29, 0.717) is 18.7 Å². The van der Waals surface area contributed by atoms with Gasteiger partial charge in [-0.1, -0.05) is 74.0 Å². The summed E-state index contributed by atoms with van der Waals surface area (Å²) in [6.45, 7) is 5.97. The monoisotopic (exact) mass is 535 g/mol. The lowest BCUT2D eigenvalue weighted by molar-refractivity contribution is -0.138. The second-order valence-electron chi connectivity index (χ2n) is 9.31. The highest BCUT2D eigenvalue weighted by Gasteiger charge is 2.32. The first-order valence-corrected chi connectivity index (χ1v) is 14.4. The highest BCUT2D eigenvalue weighted by Crippen LogP contribution is 2.25. The van der Waals surface area contributed by atoms with Crippen molar-refractivity contribution in [3.05, 3.63) is 96.1 Å². The second-order valence-corrected chi connectivity index (χ2v) is 11.2. The second kappa shape index (κ2) is 13.8. The number of nitrogens with zero attached hydrogens (tertiary/aromatic N) is 2. The molecule has 0 saturated carbocycles. The van der Waals surface area contributed by atoms with Crippen molar-refractivity contribution in [1.29, 1.82) is 0 Å². The fourth-order valence-corrected chi connectivity index (χ4v) is 5.56. The lowest BCUT2D eigenvalue weighted by Gasteiger charge is -2.32. The Labute approximate surface area is 226 Å². The van der Waals surface area contributed by atoms with Gasteiger partial charge in [0, 0.05) is 13.1 Å². The first-order valence-electron chi connectivity index (χ1n) is 13.0. The molecule has 0 saturated heterocycles. The predicted octanol–water partition coefficient (Wildman–Crippen LogP) is 4.57. The number of amides is 2. The van der Waals surface area contributed by atoms with Crippen molar-refractivity contribution in [2.45, 2.75) is 51.0 Å². The van der Waals surface area contributed by atoms with Gasteiger partial charge in [-0.05, 0) is 62.1 Å².